The van der Waals surface area contributed by atoms with Crippen LogP contribution in [-0.2, 0) is 23.8 Å². The Kier molecular flexibility index (Phi) is 3.28. The van der Waals surface area contributed by atoms with Gasteiger partial charge in [-0.3, -0.25) is 4.79 Å². The number of carbonyl (C=O) groups is 2. The Morgan fingerprint density at radius 3 is 2.70 bits per heavy atom. The van der Waals surface area contributed by atoms with E-state index in [0.717, 1.165) is 5.56 Å². The zero-order valence-electron chi connectivity index (χ0n) is 10.9. The molecule has 1 fully saturated rings. The molecule has 0 bridgehead atoms. The largest absolute Gasteiger partial charge is 0.455 e. The van der Waals surface area contributed by atoms with E-state index in [0.29, 0.717) is 0 Å². The highest BCUT2D eigenvalue weighted by Gasteiger charge is 2.49. The van der Waals surface area contributed by atoms with E-state index in [1.165, 1.54) is 13.0 Å². The average molecular weight is 274 g/mol. The molecular weight excluding hydrogens is 260 g/mol. The Bertz CT molecular complexity index is 551. The smallest absolute Gasteiger partial charge is 0.331 e. The van der Waals surface area contributed by atoms with E-state index in [-0.39, 0.29) is 6.10 Å². The monoisotopic (exact) mass is 274 g/mol. The van der Waals surface area contributed by atoms with E-state index in [4.69, 9.17) is 14.2 Å². The quantitative estimate of drug-likeness (QED) is 0.765. The van der Waals surface area contributed by atoms with E-state index in [9.17, 15) is 9.59 Å². The van der Waals surface area contributed by atoms with Gasteiger partial charge < -0.3 is 14.2 Å². The molecule has 0 N–H and O–H groups in total. The molecular formula is C15H14O5. The highest BCUT2D eigenvalue weighted by Crippen LogP contribution is 2.39. The third-order valence-corrected chi connectivity index (χ3v) is 3.35. The predicted molar refractivity (Wildman–Crippen MR) is 68.6 cm³/mol. The molecule has 0 saturated carbocycles. The molecule has 0 radical (unpaired) electrons. The second kappa shape index (κ2) is 5.09. The third kappa shape index (κ3) is 2.32. The van der Waals surface area contributed by atoms with Crippen molar-refractivity contribution in [1.82, 2.24) is 0 Å². The Labute approximate surface area is 116 Å². The summed E-state index contributed by atoms with van der Waals surface area (Å²) in [5.41, 5.74) is 0.887. The van der Waals surface area contributed by atoms with Crippen molar-refractivity contribution in [3.63, 3.8) is 0 Å². The summed E-state index contributed by atoms with van der Waals surface area (Å²) in [5, 5.41) is 0. The number of esters is 2. The second-order valence-electron chi connectivity index (χ2n) is 4.77. The van der Waals surface area contributed by atoms with Crippen molar-refractivity contribution in [1.29, 1.82) is 0 Å². The molecule has 20 heavy (non-hydrogen) atoms. The summed E-state index contributed by atoms with van der Waals surface area (Å²) in [6.45, 7) is 1.33. The van der Waals surface area contributed by atoms with Gasteiger partial charge in [0.2, 0.25) is 0 Å². The lowest BCUT2D eigenvalue weighted by Crippen LogP contribution is -2.39. The molecule has 0 spiro atoms. The molecule has 0 aromatic heterocycles. The van der Waals surface area contributed by atoms with Crippen LogP contribution in [0.5, 0.6) is 0 Å². The van der Waals surface area contributed by atoms with Gasteiger partial charge in [0.15, 0.2) is 12.2 Å². The number of fused-ring (bicyclic) bond motifs is 1. The number of carbonyl (C=O) groups excluding carboxylic acids is 2. The minimum atomic E-state index is -0.631. The summed E-state index contributed by atoms with van der Waals surface area (Å²) in [7, 11) is 0. The van der Waals surface area contributed by atoms with Crippen molar-refractivity contribution in [2.75, 3.05) is 0 Å². The van der Waals surface area contributed by atoms with E-state index >= 15 is 0 Å². The van der Waals surface area contributed by atoms with Gasteiger partial charge in [0, 0.05) is 13.0 Å². The van der Waals surface area contributed by atoms with Crippen LogP contribution in [0.3, 0.4) is 0 Å². The van der Waals surface area contributed by atoms with Gasteiger partial charge in [-0.05, 0) is 11.6 Å². The first kappa shape index (κ1) is 12.9. The van der Waals surface area contributed by atoms with Gasteiger partial charge in [0.1, 0.15) is 12.2 Å². The Morgan fingerprint density at radius 1 is 1.25 bits per heavy atom. The first-order valence-corrected chi connectivity index (χ1v) is 6.41. The fourth-order valence-corrected chi connectivity index (χ4v) is 2.55. The third-order valence-electron chi connectivity index (χ3n) is 3.35. The maximum atomic E-state index is 11.4. The zero-order valence-corrected chi connectivity index (χ0v) is 10.9. The predicted octanol–water partition coefficient (Wildman–Crippen LogP) is 1.54. The number of rotatable bonds is 2. The van der Waals surface area contributed by atoms with Gasteiger partial charge >= 0.3 is 11.9 Å². The van der Waals surface area contributed by atoms with E-state index in [1.54, 1.807) is 6.08 Å². The molecule has 1 aromatic rings. The van der Waals surface area contributed by atoms with Crippen LogP contribution in [0.1, 0.15) is 18.6 Å². The Balaban J connectivity index is 1.92. The summed E-state index contributed by atoms with van der Waals surface area (Å²) >= 11 is 0. The van der Waals surface area contributed by atoms with E-state index in [1.807, 2.05) is 30.3 Å². The van der Waals surface area contributed by atoms with Crippen LogP contribution in [-0.4, -0.2) is 30.3 Å². The van der Waals surface area contributed by atoms with Crippen molar-refractivity contribution >= 4 is 11.9 Å². The summed E-state index contributed by atoms with van der Waals surface area (Å²) in [5.74, 6) is -0.869. The van der Waals surface area contributed by atoms with E-state index < -0.39 is 30.3 Å². The fraction of sp³-hybridized carbons (Fsp3) is 0.333. The summed E-state index contributed by atoms with van der Waals surface area (Å²) in [6, 6.07) is 9.45. The molecule has 2 heterocycles. The van der Waals surface area contributed by atoms with Gasteiger partial charge in [0.05, 0.1) is 0 Å². The van der Waals surface area contributed by atoms with Gasteiger partial charge in [-0.2, -0.15) is 0 Å². The molecule has 5 nitrogen and oxygen atoms in total. The minimum Gasteiger partial charge on any atom is -0.455 e. The lowest BCUT2D eigenvalue weighted by atomic mass is 10.00. The van der Waals surface area contributed by atoms with Crippen LogP contribution in [0.4, 0.5) is 0 Å². The molecule has 0 amide bonds. The standard InChI is InChI=1S/C15H14O5/c1-9(16)18-15-13(10-5-3-2-4-6-10)19-11-7-8-12(17)20-14(11)15/h2-8,11,13-15H,1H3/t11-,13+,14+,15+/m1/s1. The highest BCUT2D eigenvalue weighted by molar-refractivity contribution is 5.83. The topological polar surface area (TPSA) is 61.8 Å². The lowest BCUT2D eigenvalue weighted by Gasteiger charge is -2.24. The first-order chi connectivity index (χ1) is 9.65. The van der Waals surface area contributed by atoms with Crippen LogP contribution in [0.15, 0.2) is 42.5 Å². The second-order valence-corrected chi connectivity index (χ2v) is 4.77. The molecule has 0 aliphatic carbocycles. The van der Waals surface area contributed by atoms with Crippen molar-refractivity contribution < 1.29 is 23.8 Å². The summed E-state index contributed by atoms with van der Waals surface area (Å²) in [4.78, 5) is 22.7. The van der Waals surface area contributed by atoms with Crippen molar-refractivity contribution in [2.24, 2.45) is 0 Å². The summed E-state index contributed by atoms with van der Waals surface area (Å²) in [6.07, 6.45) is 0.929. The maximum absolute atomic E-state index is 11.4. The molecule has 4 atom stereocenters. The van der Waals surface area contributed by atoms with Gasteiger partial charge in [-0.15, -0.1) is 0 Å². The maximum Gasteiger partial charge on any atom is 0.331 e. The molecule has 1 saturated heterocycles. The molecule has 2 aliphatic heterocycles. The van der Waals surface area contributed by atoms with Crippen LogP contribution < -0.4 is 0 Å². The van der Waals surface area contributed by atoms with E-state index in [2.05, 4.69) is 0 Å². The number of hydrogen-bond donors (Lipinski definition) is 0. The van der Waals surface area contributed by atoms with Crippen LogP contribution >= 0.6 is 0 Å². The van der Waals surface area contributed by atoms with Crippen molar-refractivity contribution in [2.45, 2.75) is 31.3 Å². The number of hydrogen-bond acceptors (Lipinski definition) is 5. The molecule has 2 aliphatic rings. The average Bonchev–Trinajstić information content (AvgIpc) is 2.77. The molecule has 5 heteroatoms. The SMILES string of the molecule is CC(=O)O[C@@H]1[C@H]2OC(=O)C=C[C@H]2O[C@H]1c1ccccc1. The van der Waals surface area contributed by atoms with Crippen molar-refractivity contribution in [3.8, 4) is 0 Å². The van der Waals surface area contributed by atoms with Crippen LogP contribution in [0.25, 0.3) is 0 Å². The van der Waals surface area contributed by atoms with Gasteiger partial charge in [-0.1, -0.05) is 30.3 Å². The molecule has 3 rings (SSSR count). The van der Waals surface area contributed by atoms with Crippen molar-refractivity contribution in [3.05, 3.63) is 48.0 Å². The molecule has 0 unspecified atom stereocenters. The summed E-state index contributed by atoms with van der Waals surface area (Å²) < 4.78 is 16.4. The Hall–Kier alpha value is -2.14. The van der Waals surface area contributed by atoms with Gasteiger partial charge in [-0.25, -0.2) is 4.79 Å². The highest BCUT2D eigenvalue weighted by atomic mass is 16.6. The molecule has 104 valence electrons. The zero-order chi connectivity index (χ0) is 14.1. The van der Waals surface area contributed by atoms with Crippen LogP contribution in [0, 0.1) is 0 Å². The van der Waals surface area contributed by atoms with Crippen LogP contribution in [0.2, 0.25) is 0 Å². The number of ether oxygens (including phenoxy) is 3. The van der Waals surface area contributed by atoms with Gasteiger partial charge in [0.25, 0.3) is 0 Å². The normalized spacial score (nSPS) is 31.6. The number of benzene rings is 1. The Morgan fingerprint density at radius 2 is 2.00 bits per heavy atom. The minimum absolute atomic E-state index is 0.387. The molecule has 1 aromatic carbocycles. The first-order valence-electron chi connectivity index (χ1n) is 6.41. The fourth-order valence-electron chi connectivity index (χ4n) is 2.55. The lowest BCUT2D eigenvalue weighted by molar-refractivity contribution is -0.162.